The molecule has 0 amide bonds. The number of allylic oxidation sites excluding steroid dienone is 4. The van der Waals surface area contributed by atoms with Gasteiger partial charge in [0.05, 0.1) is 18.1 Å². The van der Waals surface area contributed by atoms with Gasteiger partial charge in [0, 0.05) is 22.7 Å². The van der Waals surface area contributed by atoms with Crippen molar-refractivity contribution in [2.75, 3.05) is 6.61 Å². The molecule has 5 aliphatic carbocycles. The summed E-state index contributed by atoms with van der Waals surface area (Å²) in [6.45, 7) is 7.47. The van der Waals surface area contributed by atoms with Crippen LogP contribution in [0.4, 0.5) is 0 Å². The zero-order valence-electron chi connectivity index (χ0n) is 24.8. The fourth-order valence-corrected chi connectivity index (χ4v) is 9.58. The van der Waals surface area contributed by atoms with Crippen molar-refractivity contribution < 1.29 is 33.7 Å². The summed E-state index contributed by atoms with van der Waals surface area (Å²) in [7, 11) is 0. The van der Waals surface area contributed by atoms with Crippen LogP contribution in [0, 0.1) is 40.4 Å². The molecule has 1 N–H and O–H groups in total. The number of fused-ring (bicyclic) bond motifs is 7. The Hall–Kier alpha value is -1.83. The molecular weight excluding hydrogens is 496 g/mol. The van der Waals surface area contributed by atoms with Crippen LogP contribution in [0.15, 0.2) is 23.8 Å². The Balaban J connectivity index is 1.37. The first kappa shape index (κ1) is 26.1. The predicted octanol–water partition coefficient (Wildman–Crippen LogP) is 4.70. The van der Waals surface area contributed by atoms with Gasteiger partial charge in [-0.1, -0.05) is 58.6 Å². The Kier molecular flexibility index (Phi) is 6.44. The normalized spacial score (nSPS) is 45.6. The highest BCUT2D eigenvalue weighted by atomic mass is 16.7. The highest BCUT2D eigenvalue weighted by molar-refractivity contribution is 6.01. The molecule has 0 aromatic carbocycles. The van der Waals surface area contributed by atoms with Crippen molar-refractivity contribution in [3.8, 4) is 0 Å². The van der Waals surface area contributed by atoms with E-state index in [0.717, 1.165) is 44.1 Å². The first-order valence-electron chi connectivity index (χ1n) is 15.6. The lowest BCUT2D eigenvalue weighted by Gasteiger charge is -2.59. The van der Waals surface area contributed by atoms with Crippen molar-refractivity contribution in [2.24, 2.45) is 40.4 Å². The summed E-state index contributed by atoms with van der Waals surface area (Å²) in [5.41, 5.74) is -1.17. The van der Waals surface area contributed by atoms with E-state index in [2.05, 4.69) is 13.8 Å². The molecule has 0 radical (unpaired) electrons. The van der Waals surface area contributed by atoms with Crippen molar-refractivity contribution in [3.63, 3.8) is 0 Å². The molecule has 6 rings (SSSR count). The number of esters is 1. The molecule has 7 nitrogen and oxygen atoms in total. The van der Waals surface area contributed by atoms with Crippen LogP contribution in [0.3, 0.4) is 0 Å². The second kappa shape index (κ2) is 9.63. The molecule has 9 atom stereocenters. The Morgan fingerprint density at radius 2 is 1.97 bits per heavy atom. The molecular formula is C32H44O7. The average molecular weight is 542 g/mol. The van der Waals surface area contributed by atoms with Crippen LogP contribution in [0.1, 0.15) is 85.5 Å². The highest BCUT2D eigenvalue weighted by Crippen LogP contribution is 2.70. The summed E-state index contributed by atoms with van der Waals surface area (Å²) >= 11 is 0. The molecule has 1 aliphatic heterocycles. The molecule has 1 saturated heterocycles. The maximum Gasteiger partial charge on any atom is 0.308 e. The van der Waals surface area contributed by atoms with Crippen molar-refractivity contribution in [1.29, 1.82) is 1.43 Å². The maximum atomic E-state index is 14.3. The Morgan fingerprint density at radius 3 is 2.69 bits per heavy atom. The summed E-state index contributed by atoms with van der Waals surface area (Å²) in [5, 5.41) is 5.53. The second-order valence-corrected chi connectivity index (χ2v) is 13.8. The zero-order valence-corrected chi connectivity index (χ0v) is 23.8. The Morgan fingerprint density at radius 1 is 1.21 bits per heavy atom. The van der Waals surface area contributed by atoms with E-state index in [-0.39, 0.29) is 53.2 Å². The third-order valence-corrected chi connectivity index (χ3v) is 11.5. The van der Waals surface area contributed by atoms with Crippen LogP contribution in [0.5, 0.6) is 0 Å². The van der Waals surface area contributed by atoms with E-state index in [1.54, 1.807) is 26.0 Å². The minimum atomic E-state index is -1.26. The van der Waals surface area contributed by atoms with Gasteiger partial charge in [-0.3, -0.25) is 14.4 Å². The van der Waals surface area contributed by atoms with E-state index in [1.807, 2.05) is 6.08 Å². The fraction of sp³-hybridized carbons (Fsp3) is 0.781. The number of ether oxygens (including phenoxy) is 3. The standard InChI is InChI=1S/C32H44O7/c1-18(2)28(36)37-17-25(35)32-26(38-29(39-32)19-8-6-5-7-9-19)15-23-22-11-10-20-14-21(33)12-13-30(20,3)27(22)24(34)16-31(23,32)4/h12-14,18-19,22-24,26-27,29,34H,5-11,15-17H2,1-4H3/t22-,23-,24-,26+,27+,29+,30-,31-,32+/m0/s1/i34D. The van der Waals surface area contributed by atoms with E-state index in [9.17, 15) is 14.4 Å². The smallest absolute Gasteiger partial charge is 0.308 e. The van der Waals surface area contributed by atoms with E-state index in [4.69, 9.17) is 20.8 Å². The summed E-state index contributed by atoms with van der Waals surface area (Å²) < 4.78 is 27.3. The molecule has 0 unspecified atom stereocenters. The number of hydrogen-bond acceptors (Lipinski definition) is 7. The van der Waals surface area contributed by atoms with Gasteiger partial charge in [0.15, 0.2) is 24.3 Å². The number of rotatable bonds is 6. The lowest BCUT2D eigenvalue weighted by Crippen LogP contribution is -2.63. The first-order valence-corrected chi connectivity index (χ1v) is 15.1. The minimum absolute atomic E-state index is 0.00585. The van der Waals surface area contributed by atoms with Crippen LogP contribution >= 0.6 is 0 Å². The molecule has 214 valence electrons. The second-order valence-electron chi connectivity index (χ2n) is 13.8. The molecule has 1 heterocycles. The van der Waals surface area contributed by atoms with Gasteiger partial charge in [-0.15, -0.1) is 0 Å². The first-order chi connectivity index (χ1) is 19.0. The van der Waals surface area contributed by atoms with E-state index < -0.39 is 35.5 Å². The third-order valence-electron chi connectivity index (χ3n) is 11.5. The summed E-state index contributed by atoms with van der Waals surface area (Å²) in [6.07, 6.45) is 12.4. The molecule has 5 fully saturated rings. The van der Waals surface area contributed by atoms with Gasteiger partial charge in [0.25, 0.3) is 0 Å². The van der Waals surface area contributed by atoms with Crippen molar-refractivity contribution >= 4 is 17.5 Å². The fourth-order valence-electron chi connectivity index (χ4n) is 9.58. The average Bonchev–Trinajstić information content (AvgIpc) is 3.45. The van der Waals surface area contributed by atoms with E-state index in [1.165, 1.54) is 6.42 Å². The third kappa shape index (κ3) is 3.97. The SMILES string of the molecule is [2H]O[C@H]1C[C@@]2(C)[C@@H](C[C@H]3O[C@@H](C4CCCCC4)O[C@]32C(=O)COC(=O)C(C)C)[C@@H]2CCC3=CC(=O)C=C[C@]3(C)[C@H]21. The zero-order chi connectivity index (χ0) is 28.4. The number of Topliss-reactive ketones (excluding diaryl/α,β-unsaturated/α-hetero) is 1. The van der Waals surface area contributed by atoms with Gasteiger partial charge in [-0.05, 0) is 62.5 Å². The number of ketones is 2. The largest absolute Gasteiger partial charge is 0.457 e. The molecule has 6 aliphatic rings. The molecule has 0 aromatic rings. The van der Waals surface area contributed by atoms with Gasteiger partial charge >= 0.3 is 5.97 Å². The van der Waals surface area contributed by atoms with Gasteiger partial charge in [-0.25, -0.2) is 0 Å². The van der Waals surface area contributed by atoms with Gasteiger partial charge in [-0.2, -0.15) is 0 Å². The van der Waals surface area contributed by atoms with E-state index in [0.29, 0.717) is 12.8 Å². The van der Waals surface area contributed by atoms with Crippen molar-refractivity contribution in [2.45, 2.75) is 110 Å². The van der Waals surface area contributed by atoms with Gasteiger partial charge < -0.3 is 19.3 Å². The summed E-state index contributed by atoms with van der Waals surface area (Å²) in [6, 6.07) is 0. The molecule has 4 saturated carbocycles. The van der Waals surface area contributed by atoms with Gasteiger partial charge in [0.1, 0.15) is 0 Å². The van der Waals surface area contributed by atoms with Crippen LogP contribution in [0.2, 0.25) is 0 Å². The number of hydrogen-bond donors (Lipinski definition) is 1. The molecule has 0 spiro atoms. The Bertz CT molecular complexity index is 1120. The summed E-state index contributed by atoms with van der Waals surface area (Å²) in [4.78, 5) is 38.9. The monoisotopic (exact) mass is 541 g/mol. The Labute approximate surface area is 233 Å². The van der Waals surface area contributed by atoms with Crippen molar-refractivity contribution in [3.05, 3.63) is 23.8 Å². The molecule has 0 aromatic heterocycles. The van der Waals surface area contributed by atoms with Crippen LogP contribution in [-0.2, 0) is 28.6 Å². The predicted molar refractivity (Wildman–Crippen MR) is 143 cm³/mol. The summed E-state index contributed by atoms with van der Waals surface area (Å²) in [5.74, 6) is -0.428. The lowest BCUT2D eigenvalue weighted by molar-refractivity contribution is -0.210. The highest BCUT2D eigenvalue weighted by Gasteiger charge is 2.76. The van der Waals surface area contributed by atoms with Crippen LogP contribution in [-0.4, -0.2) is 54.8 Å². The van der Waals surface area contributed by atoms with Crippen LogP contribution in [0.25, 0.3) is 0 Å². The number of aliphatic hydroxyl groups excluding tert-OH is 1. The number of aliphatic hydroxyl groups is 1. The van der Waals surface area contributed by atoms with E-state index >= 15 is 0 Å². The minimum Gasteiger partial charge on any atom is -0.457 e. The molecule has 39 heavy (non-hydrogen) atoms. The lowest BCUT2D eigenvalue weighted by atomic mass is 9.46. The topological polar surface area (TPSA) is 99.1 Å². The number of carbonyl (C=O) groups is 3. The molecule has 0 bridgehead atoms. The van der Waals surface area contributed by atoms with Crippen molar-refractivity contribution in [1.82, 2.24) is 0 Å². The maximum absolute atomic E-state index is 14.3. The quantitative estimate of drug-likeness (QED) is 0.487. The van der Waals surface area contributed by atoms with Gasteiger partial charge in [0.2, 0.25) is 7.21 Å². The van der Waals surface area contributed by atoms with Crippen LogP contribution < -0.4 is 0 Å². The number of carbonyl (C=O) groups excluding carboxylic acids is 3. The molecule has 7 heteroatoms.